The van der Waals surface area contributed by atoms with Gasteiger partial charge in [-0.3, -0.25) is 0 Å². The molecule has 5 nitrogen and oxygen atoms in total. The number of rotatable bonds is 5. The maximum absolute atomic E-state index is 13.1. The summed E-state index contributed by atoms with van der Waals surface area (Å²) in [5.41, 5.74) is 0.173. The lowest BCUT2D eigenvalue weighted by atomic mass is 9.85. The highest BCUT2D eigenvalue weighted by molar-refractivity contribution is 7.89. The molecule has 2 atom stereocenters. The zero-order valence-corrected chi connectivity index (χ0v) is 14.5. The van der Waals surface area contributed by atoms with E-state index >= 15 is 0 Å². The van der Waals surface area contributed by atoms with Gasteiger partial charge < -0.3 is 4.74 Å². The average molecular weight is 379 g/mol. The van der Waals surface area contributed by atoms with E-state index in [2.05, 4.69) is 4.72 Å². The number of benzene rings is 1. The number of hydrogen-bond donors (Lipinski definition) is 1. The summed E-state index contributed by atoms with van der Waals surface area (Å²) in [6.07, 6.45) is -3.41. The van der Waals surface area contributed by atoms with Gasteiger partial charge in [-0.1, -0.05) is 12.8 Å². The number of alkyl halides is 3. The van der Waals surface area contributed by atoms with Crippen molar-refractivity contribution in [1.29, 1.82) is 0 Å². The lowest BCUT2D eigenvalue weighted by Gasteiger charge is -2.33. The molecule has 1 aromatic rings. The van der Waals surface area contributed by atoms with Gasteiger partial charge in [0.2, 0.25) is 10.0 Å². The first-order valence-electron chi connectivity index (χ1n) is 8.01. The van der Waals surface area contributed by atoms with Gasteiger partial charge >= 0.3 is 12.1 Å². The van der Waals surface area contributed by atoms with Gasteiger partial charge in [-0.25, -0.2) is 17.9 Å². The van der Waals surface area contributed by atoms with Crippen LogP contribution in [0.15, 0.2) is 29.2 Å². The molecule has 1 saturated carbocycles. The third-order valence-electron chi connectivity index (χ3n) is 4.17. The normalized spacial score (nSPS) is 21.8. The minimum atomic E-state index is -4.44. The number of ether oxygens (including phenoxy) is 1. The summed E-state index contributed by atoms with van der Waals surface area (Å²) in [7, 11) is -4.11. The predicted molar refractivity (Wildman–Crippen MR) is 84.5 cm³/mol. The van der Waals surface area contributed by atoms with Crippen molar-refractivity contribution in [2.75, 3.05) is 6.61 Å². The van der Waals surface area contributed by atoms with E-state index in [4.69, 9.17) is 4.74 Å². The molecule has 1 aromatic carbocycles. The Balaban J connectivity index is 2.16. The number of sulfonamides is 1. The maximum Gasteiger partial charge on any atom is 0.393 e. The predicted octanol–water partition coefficient (Wildman–Crippen LogP) is 3.26. The fraction of sp³-hybridized carbons (Fsp3) is 0.562. The van der Waals surface area contributed by atoms with Gasteiger partial charge in [0.15, 0.2) is 0 Å². The number of carbonyl (C=O) groups is 1. The first-order valence-corrected chi connectivity index (χ1v) is 9.49. The van der Waals surface area contributed by atoms with E-state index in [0.717, 1.165) is 0 Å². The number of carbonyl (C=O) groups excluding carboxylic acids is 1. The third-order valence-corrected chi connectivity index (χ3v) is 5.67. The fourth-order valence-electron chi connectivity index (χ4n) is 2.92. The molecule has 0 aliphatic heterocycles. The highest BCUT2D eigenvalue weighted by atomic mass is 32.2. The Morgan fingerprint density at radius 1 is 1.20 bits per heavy atom. The van der Waals surface area contributed by atoms with Gasteiger partial charge in [0.25, 0.3) is 0 Å². The summed E-state index contributed by atoms with van der Waals surface area (Å²) in [6.45, 7) is 1.82. The monoisotopic (exact) mass is 379 g/mol. The van der Waals surface area contributed by atoms with Crippen molar-refractivity contribution in [2.24, 2.45) is 5.92 Å². The lowest BCUT2D eigenvalue weighted by Crippen LogP contribution is -2.47. The van der Waals surface area contributed by atoms with Crippen LogP contribution in [0.1, 0.15) is 43.0 Å². The summed E-state index contributed by atoms with van der Waals surface area (Å²) in [6, 6.07) is 3.73. The molecule has 1 N–H and O–H groups in total. The Labute approximate surface area is 144 Å². The molecule has 0 unspecified atom stereocenters. The van der Waals surface area contributed by atoms with Gasteiger partial charge in [0, 0.05) is 6.04 Å². The first kappa shape index (κ1) is 19.7. The highest BCUT2D eigenvalue weighted by Gasteiger charge is 2.46. The number of hydrogen-bond acceptors (Lipinski definition) is 4. The van der Waals surface area contributed by atoms with Gasteiger partial charge in [0.05, 0.1) is 23.0 Å². The molecule has 0 saturated heterocycles. The van der Waals surface area contributed by atoms with Crippen LogP contribution in [0.3, 0.4) is 0 Å². The molecule has 0 spiro atoms. The molecule has 25 heavy (non-hydrogen) atoms. The molecule has 0 bridgehead atoms. The van der Waals surface area contributed by atoms with E-state index < -0.39 is 34.1 Å². The lowest BCUT2D eigenvalue weighted by molar-refractivity contribution is -0.187. The standard InChI is InChI=1S/C16H20F3NO4S/c1-2-24-15(21)11-7-9-12(10-8-11)25(22,23)20-14-6-4-3-5-13(14)16(17,18)19/h7-10,13-14,20H,2-6H2,1H3/t13-,14-/m0/s1. The van der Waals surface area contributed by atoms with Crippen molar-refractivity contribution in [1.82, 2.24) is 4.72 Å². The molecule has 0 heterocycles. The average Bonchev–Trinajstić information content (AvgIpc) is 2.54. The van der Waals surface area contributed by atoms with Crippen LogP contribution < -0.4 is 4.72 Å². The number of nitrogens with one attached hydrogen (secondary N) is 1. The summed E-state index contributed by atoms with van der Waals surface area (Å²) < 4.78 is 71.0. The van der Waals surface area contributed by atoms with Gasteiger partial charge in [0.1, 0.15) is 0 Å². The van der Waals surface area contributed by atoms with Crippen molar-refractivity contribution in [3.8, 4) is 0 Å². The van der Waals surface area contributed by atoms with Crippen LogP contribution in [-0.2, 0) is 14.8 Å². The zero-order chi connectivity index (χ0) is 18.7. The topological polar surface area (TPSA) is 72.5 Å². The molecule has 2 rings (SSSR count). The largest absolute Gasteiger partial charge is 0.462 e. The SMILES string of the molecule is CCOC(=O)c1ccc(S(=O)(=O)N[C@H]2CCCC[C@@H]2C(F)(F)F)cc1. The summed E-state index contributed by atoms with van der Waals surface area (Å²) in [4.78, 5) is 11.4. The van der Waals surface area contributed by atoms with E-state index in [1.165, 1.54) is 24.3 Å². The van der Waals surface area contributed by atoms with E-state index in [1.54, 1.807) is 6.92 Å². The molecule has 0 radical (unpaired) electrons. The minimum Gasteiger partial charge on any atom is -0.462 e. The van der Waals surface area contributed by atoms with E-state index in [1.807, 2.05) is 0 Å². The van der Waals surface area contributed by atoms with Crippen molar-refractivity contribution in [3.05, 3.63) is 29.8 Å². The smallest absolute Gasteiger partial charge is 0.393 e. The molecule has 0 aromatic heterocycles. The van der Waals surface area contributed by atoms with Gasteiger partial charge in [-0.05, 0) is 44.0 Å². The van der Waals surface area contributed by atoms with Crippen LogP contribution in [0.25, 0.3) is 0 Å². The minimum absolute atomic E-state index is 0.0848. The van der Waals surface area contributed by atoms with Crippen LogP contribution in [0.2, 0.25) is 0 Å². The number of halogens is 3. The zero-order valence-electron chi connectivity index (χ0n) is 13.7. The maximum atomic E-state index is 13.1. The molecule has 1 aliphatic rings. The second-order valence-corrected chi connectivity index (χ2v) is 7.62. The van der Waals surface area contributed by atoms with Crippen molar-refractivity contribution >= 4 is 16.0 Å². The summed E-state index contributed by atoms with van der Waals surface area (Å²) in [5.74, 6) is -2.28. The van der Waals surface area contributed by atoms with Crippen LogP contribution in [0.4, 0.5) is 13.2 Å². The Kier molecular flexibility index (Phi) is 6.10. The van der Waals surface area contributed by atoms with E-state index in [-0.39, 0.29) is 29.9 Å². The Bertz CT molecular complexity index is 701. The van der Waals surface area contributed by atoms with Crippen LogP contribution in [0, 0.1) is 5.92 Å². The molecule has 1 aliphatic carbocycles. The second kappa shape index (κ2) is 7.74. The second-order valence-electron chi connectivity index (χ2n) is 5.91. The van der Waals surface area contributed by atoms with Crippen LogP contribution in [0.5, 0.6) is 0 Å². The van der Waals surface area contributed by atoms with Crippen LogP contribution >= 0.6 is 0 Å². The fourth-order valence-corrected chi connectivity index (χ4v) is 4.23. The van der Waals surface area contributed by atoms with Gasteiger partial charge in [-0.15, -0.1) is 0 Å². The van der Waals surface area contributed by atoms with Crippen molar-refractivity contribution < 1.29 is 31.1 Å². The van der Waals surface area contributed by atoms with Crippen LogP contribution in [-0.4, -0.2) is 33.2 Å². The highest BCUT2D eigenvalue weighted by Crippen LogP contribution is 2.38. The summed E-state index contributed by atoms with van der Waals surface area (Å²) >= 11 is 0. The van der Waals surface area contributed by atoms with E-state index in [9.17, 15) is 26.4 Å². The number of esters is 1. The molecule has 0 amide bonds. The Morgan fingerprint density at radius 3 is 2.36 bits per heavy atom. The van der Waals surface area contributed by atoms with Gasteiger partial charge in [-0.2, -0.15) is 13.2 Å². The first-order chi connectivity index (χ1) is 11.6. The molecular weight excluding hydrogens is 359 g/mol. The molecule has 9 heteroatoms. The van der Waals surface area contributed by atoms with Crippen molar-refractivity contribution in [2.45, 2.75) is 49.7 Å². The molecule has 1 fully saturated rings. The van der Waals surface area contributed by atoms with E-state index in [0.29, 0.717) is 12.8 Å². The Hall–Kier alpha value is -1.61. The Morgan fingerprint density at radius 2 is 1.80 bits per heavy atom. The summed E-state index contributed by atoms with van der Waals surface area (Å²) in [5, 5.41) is 0. The van der Waals surface area contributed by atoms with Crippen molar-refractivity contribution in [3.63, 3.8) is 0 Å². The quantitative estimate of drug-likeness (QED) is 0.797. The molecular formula is C16H20F3NO4S. The third kappa shape index (κ3) is 4.94. The molecule has 140 valence electrons.